The molecule has 0 aromatic heterocycles. The fourth-order valence-corrected chi connectivity index (χ4v) is 8.95. The van der Waals surface area contributed by atoms with E-state index in [2.05, 4.69) is 86.0 Å². The van der Waals surface area contributed by atoms with Crippen LogP contribution in [0.4, 0.5) is 0 Å². The molecule has 0 aromatic rings. The molecule has 4 fully saturated rings. The van der Waals surface area contributed by atoms with Gasteiger partial charge < -0.3 is 28.8 Å². The van der Waals surface area contributed by atoms with Gasteiger partial charge in [-0.15, -0.1) is 0 Å². The summed E-state index contributed by atoms with van der Waals surface area (Å²) in [5.74, 6) is 1.02. The lowest BCUT2D eigenvalue weighted by Gasteiger charge is -2.42. The zero-order chi connectivity index (χ0) is 30.9. The average Bonchev–Trinajstić information content (AvgIpc) is 3.53. The number of rotatable bonds is 14. The third-order valence-electron chi connectivity index (χ3n) is 10.00. The smallest absolute Gasteiger partial charge is 0.120 e. The first kappa shape index (κ1) is 36.9. The topological polar surface area (TPSA) is 74.2 Å². The van der Waals surface area contributed by atoms with Crippen molar-refractivity contribution in [3.63, 3.8) is 0 Å². The van der Waals surface area contributed by atoms with Gasteiger partial charge in [-0.05, 0) is 83.5 Å². The fourth-order valence-electron chi connectivity index (χ4n) is 6.99. The van der Waals surface area contributed by atoms with E-state index in [0.717, 1.165) is 85.8 Å². The molecule has 0 aromatic carbocycles. The van der Waals surface area contributed by atoms with Gasteiger partial charge in [0.15, 0.2) is 0 Å². The minimum Gasteiger partial charge on any atom is -0.396 e. The Morgan fingerprint density at radius 3 is 1.67 bits per heavy atom. The molecule has 0 unspecified atom stereocenters. The molecule has 4 saturated heterocycles. The normalized spacial score (nSPS) is 37.1. The van der Waals surface area contributed by atoms with Crippen molar-refractivity contribution in [1.82, 2.24) is 0 Å². The van der Waals surface area contributed by atoms with E-state index in [9.17, 15) is 4.79 Å². The molecule has 4 rings (SSSR count). The number of aliphatic hydroxyl groups excluding tert-OH is 1. The predicted molar refractivity (Wildman–Crippen MR) is 187 cm³/mol. The summed E-state index contributed by atoms with van der Waals surface area (Å²) in [7, 11) is 0. The van der Waals surface area contributed by atoms with Crippen molar-refractivity contribution in [3.8, 4) is 0 Å². The van der Waals surface area contributed by atoms with Crippen LogP contribution >= 0.6 is 45.2 Å². The molecule has 1 N–H and O–H groups in total. The number of allylic oxidation sites excluding steroid dienone is 2. The molecule has 4 aliphatic rings. The maximum Gasteiger partial charge on any atom is 0.120 e. The van der Waals surface area contributed by atoms with Crippen molar-refractivity contribution in [1.29, 1.82) is 0 Å². The maximum atomic E-state index is 10.6. The molecule has 0 spiro atoms. The molecule has 4 heterocycles. The highest BCUT2D eigenvalue weighted by atomic mass is 127. The maximum absolute atomic E-state index is 10.6. The number of ether oxygens (including phenoxy) is 4. The number of halogens is 2. The van der Waals surface area contributed by atoms with Gasteiger partial charge in [-0.1, -0.05) is 83.3 Å². The molecule has 242 valence electrons. The first-order valence-corrected chi connectivity index (χ1v) is 19.2. The summed E-state index contributed by atoms with van der Waals surface area (Å²) in [4.78, 5) is 10.6. The summed E-state index contributed by atoms with van der Waals surface area (Å²) in [5.41, 5.74) is 2.24. The van der Waals surface area contributed by atoms with E-state index in [4.69, 9.17) is 24.1 Å². The third-order valence-corrected chi connectivity index (χ3v) is 12.6. The van der Waals surface area contributed by atoms with Crippen LogP contribution in [0.1, 0.15) is 105 Å². The second kappa shape index (κ2) is 17.4. The van der Waals surface area contributed by atoms with Gasteiger partial charge >= 0.3 is 0 Å². The minimum atomic E-state index is -0.133. The Labute approximate surface area is 282 Å². The Morgan fingerprint density at radius 1 is 0.833 bits per heavy atom. The standard InChI is InChI=1S/C17H29IO3.C17H27IO3/c2*1-12(2)13(3)9-14-6-7-16-17(11-18,21-14)10-15(20-16)5-4-8-19/h13-16,19H,1,4-11H2,2-3H3;8,13-16H,1,4-7,9-11H2,2-3H3/t2*13-,14-,15+,16+,17-/m11/s1. The molecule has 6 nitrogen and oxygen atoms in total. The molecule has 0 amide bonds. The van der Waals surface area contributed by atoms with Crippen LogP contribution in [-0.2, 0) is 23.7 Å². The first-order valence-electron chi connectivity index (χ1n) is 16.1. The highest BCUT2D eigenvalue weighted by Crippen LogP contribution is 2.46. The monoisotopic (exact) mass is 814 g/mol. The largest absolute Gasteiger partial charge is 0.396 e. The van der Waals surface area contributed by atoms with Crippen LogP contribution in [0.15, 0.2) is 24.3 Å². The second-order valence-corrected chi connectivity index (χ2v) is 15.0. The lowest BCUT2D eigenvalue weighted by Crippen LogP contribution is -2.50. The number of carbonyl (C=O) groups excluding carboxylic acids is 1. The molecule has 10 atom stereocenters. The van der Waals surface area contributed by atoms with E-state index in [1.165, 1.54) is 11.1 Å². The number of aldehydes is 1. The Hall–Kier alpha value is 0.410. The summed E-state index contributed by atoms with van der Waals surface area (Å²) in [6.07, 6.45) is 14.1. The molecule has 0 saturated carbocycles. The molecule has 0 radical (unpaired) electrons. The summed E-state index contributed by atoms with van der Waals surface area (Å²) in [5, 5.41) is 9.00. The molecular weight excluding hydrogens is 758 g/mol. The molecule has 8 heteroatoms. The van der Waals surface area contributed by atoms with E-state index >= 15 is 0 Å². The summed E-state index contributed by atoms with van der Waals surface area (Å²) in [6, 6.07) is 0. The van der Waals surface area contributed by atoms with Crippen LogP contribution in [0.2, 0.25) is 0 Å². The molecule has 42 heavy (non-hydrogen) atoms. The Balaban J connectivity index is 0.000000230. The highest BCUT2D eigenvalue weighted by molar-refractivity contribution is 14.1. The van der Waals surface area contributed by atoms with Crippen LogP contribution in [0.3, 0.4) is 0 Å². The van der Waals surface area contributed by atoms with Crippen LogP contribution in [0.25, 0.3) is 0 Å². The van der Waals surface area contributed by atoms with Crippen molar-refractivity contribution in [2.75, 3.05) is 15.5 Å². The summed E-state index contributed by atoms with van der Waals surface area (Å²) < 4.78 is 27.4. The van der Waals surface area contributed by atoms with E-state index in [0.29, 0.717) is 30.5 Å². The number of hydrogen-bond donors (Lipinski definition) is 1. The van der Waals surface area contributed by atoms with Crippen LogP contribution in [0, 0.1) is 11.8 Å². The number of hydrogen-bond acceptors (Lipinski definition) is 6. The van der Waals surface area contributed by atoms with Gasteiger partial charge in [-0.3, -0.25) is 0 Å². The van der Waals surface area contributed by atoms with Gasteiger partial charge in [-0.25, -0.2) is 0 Å². The van der Waals surface area contributed by atoms with E-state index in [-0.39, 0.29) is 42.2 Å². The van der Waals surface area contributed by atoms with Gasteiger partial charge in [0.05, 0.1) is 36.6 Å². The predicted octanol–water partition coefficient (Wildman–Crippen LogP) is 7.95. The van der Waals surface area contributed by atoms with Crippen molar-refractivity contribution >= 4 is 51.5 Å². The van der Waals surface area contributed by atoms with Gasteiger partial charge in [0, 0.05) is 34.7 Å². The summed E-state index contributed by atoms with van der Waals surface area (Å²) in [6.45, 7) is 17.0. The molecule has 4 aliphatic heterocycles. The quantitative estimate of drug-likeness (QED) is 0.0832. The molecule has 0 bridgehead atoms. The Bertz CT molecular complexity index is 884. The van der Waals surface area contributed by atoms with Crippen molar-refractivity contribution in [2.24, 2.45) is 11.8 Å². The number of carbonyl (C=O) groups is 1. The van der Waals surface area contributed by atoms with Gasteiger partial charge in [0.2, 0.25) is 0 Å². The number of alkyl halides is 2. The van der Waals surface area contributed by atoms with Gasteiger partial charge in [0.25, 0.3) is 0 Å². The summed E-state index contributed by atoms with van der Waals surface area (Å²) >= 11 is 4.88. The third kappa shape index (κ3) is 9.71. The Morgan fingerprint density at radius 2 is 1.29 bits per heavy atom. The van der Waals surface area contributed by atoms with Crippen molar-refractivity contribution in [3.05, 3.63) is 24.3 Å². The number of aliphatic hydroxyl groups is 1. The van der Waals surface area contributed by atoms with Crippen molar-refractivity contribution < 1.29 is 28.8 Å². The first-order chi connectivity index (χ1) is 20.0. The molecular formula is C34H56I2O6. The van der Waals surface area contributed by atoms with E-state index in [1.807, 2.05) is 0 Å². The van der Waals surface area contributed by atoms with Crippen LogP contribution < -0.4 is 0 Å². The highest BCUT2D eigenvalue weighted by Gasteiger charge is 2.53. The fraction of sp³-hybridized carbons (Fsp3) is 0.853. The van der Waals surface area contributed by atoms with Gasteiger partial charge in [-0.2, -0.15) is 0 Å². The van der Waals surface area contributed by atoms with Crippen LogP contribution in [-0.4, -0.2) is 74.7 Å². The zero-order valence-corrected chi connectivity index (χ0v) is 30.8. The van der Waals surface area contributed by atoms with E-state index in [1.54, 1.807) is 0 Å². The SMILES string of the molecule is C=C(C)[C@H](C)C[C@H]1CC[C@@H]2O[C@@H](CCC=O)C[C@]2(CI)O1.C=C(C)[C@H](C)C[C@H]1CC[C@@H]2O[C@@H](CCCO)C[C@]2(CI)O1. The molecule has 0 aliphatic carbocycles. The second-order valence-electron chi connectivity index (χ2n) is 13.5. The minimum absolute atomic E-state index is 0.0988. The van der Waals surface area contributed by atoms with Crippen LogP contribution in [0.5, 0.6) is 0 Å². The lowest BCUT2D eigenvalue weighted by molar-refractivity contribution is -0.155. The van der Waals surface area contributed by atoms with E-state index < -0.39 is 0 Å². The van der Waals surface area contributed by atoms with Crippen molar-refractivity contribution in [2.45, 2.75) is 153 Å². The number of fused-ring (bicyclic) bond motifs is 2. The average molecular weight is 815 g/mol. The lowest BCUT2D eigenvalue weighted by atomic mass is 9.85. The van der Waals surface area contributed by atoms with Gasteiger partial charge in [0.1, 0.15) is 17.5 Å². The zero-order valence-electron chi connectivity index (χ0n) is 26.5. The Kier molecular flexibility index (Phi) is 15.2.